The first kappa shape index (κ1) is 26.9. The standard InChI is InChI=1S/C31H30ClN3O4S/c32-24-15-22(7-11-27(24)39-23-9-10-23)29(36)26(17-35-13-1-2-14-35)34-31(38)30(37)20-5-3-19(4-6-20)21-8-12-28-25(16-21)33-18-40-28/h3-8,11-12,15-16,18,23,26,29,36H,1-2,9-10,13-14,17H2,(H,34,38). The third-order valence-electron chi connectivity index (χ3n) is 7.48. The molecule has 2 aliphatic rings. The number of ketones is 1. The predicted octanol–water partition coefficient (Wildman–Crippen LogP) is 5.65. The average Bonchev–Trinajstić information content (AvgIpc) is 3.41. The van der Waals surface area contributed by atoms with E-state index in [1.165, 1.54) is 0 Å². The highest BCUT2D eigenvalue weighted by atomic mass is 35.5. The van der Waals surface area contributed by atoms with Gasteiger partial charge < -0.3 is 20.1 Å². The molecule has 1 aliphatic heterocycles. The largest absolute Gasteiger partial charge is 0.489 e. The van der Waals surface area contributed by atoms with Gasteiger partial charge in [-0.2, -0.15) is 0 Å². The van der Waals surface area contributed by atoms with E-state index in [4.69, 9.17) is 16.3 Å². The van der Waals surface area contributed by atoms with Gasteiger partial charge in [0.15, 0.2) is 0 Å². The molecule has 6 rings (SSSR count). The number of hydrogen-bond acceptors (Lipinski definition) is 7. The Morgan fingerprint density at radius 2 is 1.80 bits per heavy atom. The van der Waals surface area contributed by atoms with Crippen molar-refractivity contribution in [1.82, 2.24) is 15.2 Å². The smallest absolute Gasteiger partial charge is 0.292 e. The van der Waals surface area contributed by atoms with E-state index in [-0.39, 0.29) is 11.7 Å². The number of thiazole rings is 1. The number of carbonyl (C=O) groups excluding carboxylic acids is 2. The second-order valence-corrected chi connectivity index (χ2v) is 11.8. The number of rotatable bonds is 10. The molecular formula is C31H30ClN3O4S. The summed E-state index contributed by atoms with van der Waals surface area (Å²) in [6.07, 6.45) is 3.32. The zero-order valence-corrected chi connectivity index (χ0v) is 23.5. The molecule has 2 N–H and O–H groups in total. The summed E-state index contributed by atoms with van der Waals surface area (Å²) in [6.45, 7) is 2.20. The van der Waals surface area contributed by atoms with Crippen LogP contribution in [0.4, 0.5) is 0 Å². The van der Waals surface area contributed by atoms with Crippen LogP contribution in [0, 0.1) is 0 Å². The maximum atomic E-state index is 13.1. The Labute approximate surface area is 241 Å². The molecule has 1 aromatic heterocycles. The van der Waals surface area contributed by atoms with Gasteiger partial charge >= 0.3 is 0 Å². The van der Waals surface area contributed by atoms with Crippen molar-refractivity contribution < 1.29 is 19.4 Å². The molecule has 1 amide bonds. The van der Waals surface area contributed by atoms with E-state index in [1.54, 1.807) is 41.7 Å². The molecule has 0 bridgehead atoms. The number of nitrogens with one attached hydrogen (secondary N) is 1. The van der Waals surface area contributed by atoms with Crippen molar-refractivity contribution >= 4 is 44.8 Å². The number of amides is 1. The van der Waals surface area contributed by atoms with Crippen molar-refractivity contribution in [3.8, 4) is 16.9 Å². The number of halogens is 1. The lowest BCUT2D eigenvalue weighted by molar-refractivity contribution is -0.118. The van der Waals surface area contributed by atoms with E-state index in [1.807, 2.05) is 35.8 Å². The van der Waals surface area contributed by atoms with Crippen LogP contribution in [0.15, 0.2) is 66.2 Å². The van der Waals surface area contributed by atoms with Crippen LogP contribution in [-0.2, 0) is 4.79 Å². The third-order valence-corrected chi connectivity index (χ3v) is 8.59. The van der Waals surface area contributed by atoms with Gasteiger partial charge in [-0.25, -0.2) is 4.98 Å². The highest BCUT2D eigenvalue weighted by Crippen LogP contribution is 2.34. The number of hydrogen-bond donors (Lipinski definition) is 2. The van der Waals surface area contributed by atoms with Crippen LogP contribution in [0.5, 0.6) is 5.75 Å². The summed E-state index contributed by atoms with van der Waals surface area (Å²) in [5, 5.41) is 14.6. The number of ether oxygens (including phenoxy) is 1. The zero-order valence-electron chi connectivity index (χ0n) is 21.9. The highest BCUT2D eigenvalue weighted by molar-refractivity contribution is 7.16. The summed E-state index contributed by atoms with van der Waals surface area (Å²) in [5.74, 6) is -0.809. The van der Waals surface area contributed by atoms with E-state index in [2.05, 4.69) is 15.2 Å². The Kier molecular flexibility index (Phi) is 7.85. The lowest BCUT2D eigenvalue weighted by atomic mass is 10.00. The van der Waals surface area contributed by atoms with Crippen molar-refractivity contribution in [2.24, 2.45) is 0 Å². The van der Waals surface area contributed by atoms with Gasteiger partial charge in [-0.3, -0.25) is 9.59 Å². The highest BCUT2D eigenvalue weighted by Gasteiger charge is 2.30. The van der Waals surface area contributed by atoms with E-state index in [0.717, 1.165) is 60.1 Å². The second kappa shape index (κ2) is 11.7. The molecule has 3 aromatic carbocycles. The number of carbonyl (C=O) groups is 2. The molecule has 1 aliphatic carbocycles. The fraction of sp³-hybridized carbons (Fsp3) is 0.323. The Hall–Kier alpha value is -3.30. The van der Waals surface area contributed by atoms with Crippen LogP contribution >= 0.6 is 22.9 Å². The first-order valence-electron chi connectivity index (χ1n) is 13.6. The quantitative estimate of drug-likeness (QED) is 0.187. The minimum absolute atomic E-state index is 0.206. The molecule has 9 heteroatoms. The Bertz CT molecular complexity index is 1530. The van der Waals surface area contributed by atoms with Gasteiger partial charge in [0.1, 0.15) is 11.9 Å². The average molecular weight is 576 g/mol. The van der Waals surface area contributed by atoms with Gasteiger partial charge in [0.2, 0.25) is 5.78 Å². The van der Waals surface area contributed by atoms with Gasteiger partial charge in [-0.1, -0.05) is 48.0 Å². The van der Waals surface area contributed by atoms with Crippen molar-refractivity contribution in [2.45, 2.75) is 43.9 Å². The number of aliphatic hydroxyl groups excluding tert-OH is 1. The first-order chi connectivity index (χ1) is 19.4. The number of fused-ring (bicyclic) bond motifs is 1. The summed E-state index contributed by atoms with van der Waals surface area (Å²) in [5.41, 5.74) is 5.51. The molecule has 206 valence electrons. The molecule has 2 heterocycles. The van der Waals surface area contributed by atoms with E-state index < -0.39 is 23.8 Å². The minimum Gasteiger partial charge on any atom is -0.489 e. The molecule has 2 fully saturated rings. The summed E-state index contributed by atoms with van der Waals surface area (Å²) >= 11 is 8.03. The number of nitrogens with zero attached hydrogens (tertiary/aromatic N) is 2. The third kappa shape index (κ3) is 6.05. The molecule has 1 saturated heterocycles. The molecule has 7 nitrogen and oxygen atoms in total. The van der Waals surface area contributed by atoms with Crippen LogP contribution in [0.25, 0.3) is 21.3 Å². The van der Waals surface area contributed by atoms with Crippen molar-refractivity contribution in [2.75, 3.05) is 19.6 Å². The second-order valence-electron chi connectivity index (χ2n) is 10.5. The maximum absolute atomic E-state index is 13.1. The molecule has 1 saturated carbocycles. The molecule has 40 heavy (non-hydrogen) atoms. The number of benzene rings is 3. The Morgan fingerprint density at radius 3 is 2.52 bits per heavy atom. The molecular weight excluding hydrogens is 546 g/mol. The number of Topliss-reactive ketones (excluding diaryl/α,β-unsaturated/α-hetero) is 1. The first-order valence-corrected chi connectivity index (χ1v) is 14.9. The zero-order chi connectivity index (χ0) is 27.6. The predicted molar refractivity (Wildman–Crippen MR) is 157 cm³/mol. The molecule has 2 atom stereocenters. The van der Waals surface area contributed by atoms with Gasteiger partial charge in [0.25, 0.3) is 5.91 Å². The van der Waals surface area contributed by atoms with E-state index in [0.29, 0.717) is 22.9 Å². The maximum Gasteiger partial charge on any atom is 0.292 e. The van der Waals surface area contributed by atoms with Gasteiger partial charge in [0.05, 0.1) is 32.9 Å². The SMILES string of the molecule is O=C(NC(CN1CCCC1)C(O)c1ccc(OC2CC2)c(Cl)c1)C(=O)c1ccc(-c2ccc3scnc3c2)cc1. The molecule has 4 aromatic rings. The summed E-state index contributed by atoms with van der Waals surface area (Å²) in [6, 6.07) is 17.5. The van der Waals surface area contributed by atoms with Gasteiger partial charge in [-0.15, -0.1) is 11.3 Å². The normalized spacial score (nSPS) is 17.1. The topological polar surface area (TPSA) is 91.8 Å². The number of aromatic nitrogens is 1. The lowest BCUT2D eigenvalue weighted by Gasteiger charge is -2.28. The fourth-order valence-corrected chi connectivity index (χ4v) is 5.97. The molecule has 0 spiro atoms. The van der Waals surface area contributed by atoms with Crippen molar-refractivity contribution in [3.05, 3.63) is 82.3 Å². The van der Waals surface area contributed by atoms with Crippen LogP contribution in [0.1, 0.15) is 47.7 Å². The molecule has 0 radical (unpaired) electrons. The lowest BCUT2D eigenvalue weighted by Crippen LogP contribution is -2.48. The van der Waals surface area contributed by atoms with E-state index in [9.17, 15) is 14.7 Å². The van der Waals surface area contributed by atoms with Crippen molar-refractivity contribution in [3.63, 3.8) is 0 Å². The summed E-state index contributed by atoms with van der Waals surface area (Å²) < 4.78 is 6.93. The van der Waals surface area contributed by atoms with Crippen LogP contribution in [0.3, 0.4) is 0 Å². The monoisotopic (exact) mass is 575 g/mol. The van der Waals surface area contributed by atoms with Gasteiger partial charge in [0, 0.05) is 12.1 Å². The molecule has 2 unspecified atom stereocenters. The van der Waals surface area contributed by atoms with Gasteiger partial charge in [-0.05, 0) is 79.7 Å². The number of likely N-dealkylation sites (tertiary alicyclic amines) is 1. The summed E-state index contributed by atoms with van der Waals surface area (Å²) in [7, 11) is 0. The summed E-state index contributed by atoms with van der Waals surface area (Å²) in [4.78, 5) is 32.8. The van der Waals surface area contributed by atoms with E-state index >= 15 is 0 Å². The van der Waals surface area contributed by atoms with Crippen molar-refractivity contribution in [1.29, 1.82) is 0 Å². The van der Waals surface area contributed by atoms with Crippen LogP contribution in [-0.4, -0.2) is 58.5 Å². The van der Waals surface area contributed by atoms with Crippen LogP contribution < -0.4 is 10.1 Å². The minimum atomic E-state index is -1.05. The van der Waals surface area contributed by atoms with Crippen LogP contribution in [0.2, 0.25) is 5.02 Å². The number of aliphatic hydroxyl groups is 1. The Morgan fingerprint density at radius 1 is 1.05 bits per heavy atom. The fourth-order valence-electron chi connectivity index (χ4n) is 5.08. The Balaban J connectivity index is 1.16.